The minimum absolute atomic E-state index is 0.140. The number of halogens is 1. The van der Waals surface area contributed by atoms with Gasteiger partial charge in [-0.05, 0) is 57.2 Å². The van der Waals surface area contributed by atoms with Crippen LogP contribution in [0.15, 0.2) is 64.5 Å². The molecule has 32 heavy (non-hydrogen) atoms. The van der Waals surface area contributed by atoms with E-state index in [2.05, 4.69) is 20.6 Å². The number of carbonyl (C=O) groups is 1. The lowest BCUT2D eigenvalue weighted by atomic mass is 10.2. The second-order valence-electron chi connectivity index (χ2n) is 7.48. The largest absolute Gasteiger partial charge is 0.467 e. The van der Waals surface area contributed by atoms with Crippen LogP contribution in [0.2, 0.25) is 5.02 Å². The first-order valence-electron chi connectivity index (χ1n) is 10.1. The van der Waals surface area contributed by atoms with Crippen LogP contribution in [-0.4, -0.2) is 35.7 Å². The number of hydrogen-bond acceptors (Lipinski definition) is 6. The van der Waals surface area contributed by atoms with Gasteiger partial charge in [0.25, 0.3) is 0 Å². The first kappa shape index (κ1) is 22.2. The molecule has 1 aromatic carbocycles. The molecule has 0 saturated carbocycles. The van der Waals surface area contributed by atoms with Crippen molar-refractivity contribution in [3.63, 3.8) is 0 Å². The number of benzene rings is 1. The summed E-state index contributed by atoms with van der Waals surface area (Å²) in [5, 5.41) is 16.8. The number of thioether (sulfide) groups is 1. The van der Waals surface area contributed by atoms with Crippen LogP contribution in [0, 0.1) is 0 Å². The molecular formula is C22H23ClN6O2S. The highest BCUT2D eigenvalue weighted by Gasteiger charge is 2.22. The Morgan fingerprint density at radius 1 is 1.16 bits per heavy atom. The summed E-state index contributed by atoms with van der Waals surface area (Å²) < 4.78 is 9.24. The molecule has 4 aromatic rings. The van der Waals surface area contributed by atoms with Gasteiger partial charge in [-0.25, -0.2) is 4.68 Å². The van der Waals surface area contributed by atoms with E-state index >= 15 is 0 Å². The Morgan fingerprint density at radius 3 is 2.62 bits per heavy atom. The van der Waals surface area contributed by atoms with Gasteiger partial charge in [0, 0.05) is 22.7 Å². The first-order chi connectivity index (χ1) is 15.4. The Balaban J connectivity index is 1.57. The summed E-state index contributed by atoms with van der Waals surface area (Å²) in [6.07, 6.45) is 3.30. The summed E-state index contributed by atoms with van der Waals surface area (Å²) in [5.41, 5.74) is 0.873. The van der Waals surface area contributed by atoms with Crippen LogP contribution in [0.5, 0.6) is 0 Å². The van der Waals surface area contributed by atoms with Crippen LogP contribution in [0.4, 0.5) is 5.82 Å². The molecule has 0 saturated heterocycles. The molecule has 0 bridgehead atoms. The van der Waals surface area contributed by atoms with Gasteiger partial charge in [-0.15, -0.1) is 10.2 Å². The third kappa shape index (κ3) is 4.89. The van der Waals surface area contributed by atoms with Crippen LogP contribution < -0.4 is 5.32 Å². The van der Waals surface area contributed by atoms with Crippen molar-refractivity contribution in [3.8, 4) is 11.4 Å². The van der Waals surface area contributed by atoms with Crippen LogP contribution in [-0.2, 0) is 11.3 Å². The van der Waals surface area contributed by atoms with E-state index in [1.807, 2.05) is 61.7 Å². The summed E-state index contributed by atoms with van der Waals surface area (Å²) in [4.78, 5) is 12.9. The summed E-state index contributed by atoms with van der Waals surface area (Å²) >= 11 is 7.37. The fourth-order valence-electron chi connectivity index (χ4n) is 3.15. The van der Waals surface area contributed by atoms with E-state index in [0.717, 1.165) is 11.3 Å². The maximum Gasteiger partial charge on any atom is 0.238 e. The predicted octanol–water partition coefficient (Wildman–Crippen LogP) is 5.14. The van der Waals surface area contributed by atoms with Crippen molar-refractivity contribution < 1.29 is 9.21 Å². The number of anilines is 1. The van der Waals surface area contributed by atoms with Gasteiger partial charge in [-0.1, -0.05) is 23.4 Å². The molecule has 0 spiro atoms. The van der Waals surface area contributed by atoms with E-state index in [1.165, 1.54) is 11.8 Å². The maximum atomic E-state index is 12.9. The van der Waals surface area contributed by atoms with Crippen molar-refractivity contribution in [2.24, 2.45) is 0 Å². The van der Waals surface area contributed by atoms with Gasteiger partial charge in [-0.2, -0.15) is 5.10 Å². The van der Waals surface area contributed by atoms with Gasteiger partial charge in [0.2, 0.25) is 5.91 Å². The lowest BCUT2D eigenvalue weighted by Crippen LogP contribution is -2.25. The van der Waals surface area contributed by atoms with Crippen molar-refractivity contribution in [2.45, 2.75) is 43.8 Å². The van der Waals surface area contributed by atoms with Gasteiger partial charge in [0.15, 0.2) is 11.0 Å². The van der Waals surface area contributed by atoms with Gasteiger partial charge >= 0.3 is 0 Å². The van der Waals surface area contributed by atoms with Crippen molar-refractivity contribution in [1.82, 2.24) is 24.5 Å². The van der Waals surface area contributed by atoms with E-state index in [4.69, 9.17) is 16.0 Å². The fourth-order valence-corrected chi connectivity index (χ4v) is 4.13. The zero-order valence-electron chi connectivity index (χ0n) is 17.9. The topological polar surface area (TPSA) is 90.8 Å². The van der Waals surface area contributed by atoms with Crippen LogP contribution in [0.1, 0.15) is 32.6 Å². The summed E-state index contributed by atoms with van der Waals surface area (Å²) in [5.74, 6) is 1.96. The van der Waals surface area contributed by atoms with Gasteiger partial charge in [-0.3, -0.25) is 9.36 Å². The highest BCUT2D eigenvalue weighted by molar-refractivity contribution is 8.00. The second-order valence-corrected chi connectivity index (χ2v) is 9.23. The number of aromatic nitrogens is 5. The molecule has 3 aromatic heterocycles. The highest BCUT2D eigenvalue weighted by atomic mass is 35.5. The fraction of sp³-hybridized carbons (Fsp3) is 0.273. The first-order valence-corrected chi connectivity index (χ1v) is 11.4. The molecular weight excluding hydrogens is 448 g/mol. The van der Waals surface area contributed by atoms with Crippen LogP contribution >= 0.6 is 23.4 Å². The third-order valence-electron chi connectivity index (χ3n) is 4.78. The molecule has 0 aliphatic rings. The Hall–Kier alpha value is -3.04. The van der Waals surface area contributed by atoms with Gasteiger partial charge < -0.3 is 9.73 Å². The van der Waals surface area contributed by atoms with Crippen molar-refractivity contribution in [2.75, 3.05) is 5.32 Å². The molecule has 1 atom stereocenters. The summed E-state index contributed by atoms with van der Waals surface area (Å²) in [6.45, 7) is 6.30. The Morgan fingerprint density at radius 2 is 1.94 bits per heavy atom. The van der Waals surface area contributed by atoms with E-state index in [0.29, 0.717) is 28.4 Å². The summed E-state index contributed by atoms with van der Waals surface area (Å²) in [7, 11) is 0. The number of hydrogen-bond donors (Lipinski definition) is 1. The molecule has 4 rings (SSSR count). The molecule has 0 radical (unpaired) electrons. The van der Waals surface area contributed by atoms with Crippen LogP contribution in [0.3, 0.4) is 0 Å². The molecule has 1 amide bonds. The predicted molar refractivity (Wildman–Crippen MR) is 125 cm³/mol. The number of nitrogens with one attached hydrogen (secondary N) is 1. The molecule has 10 heteroatoms. The Kier molecular flexibility index (Phi) is 6.66. The zero-order chi connectivity index (χ0) is 22.7. The van der Waals surface area contributed by atoms with Crippen molar-refractivity contribution in [3.05, 3.63) is 65.7 Å². The number of nitrogens with zero attached hydrogens (tertiary/aromatic N) is 5. The van der Waals surface area contributed by atoms with E-state index in [9.17, 15) is 4.79 Å². The normalized spacial score (nSPS) is 12.3. The molecule has 3 heterocycles. The molecule has 0 aliphatic heterocycles. The standard InChI is InChI=1S/C22H23ClN6O2S/c1-14(2)29-19(10-11-24-29)25-21(30)15(3)32-22-27-26-20(16-6-8-17(23)9-7-16)28(22)13-18-5-4-12-31-18/h4-12,14-15H,13H2,1-3H3,(H,25,30). The number of carbonyl (C=O) groups excluding carboxylic acids is 1. The van der Waals surface area contributed by atoms with Crippen molar-refractivity contribution in [1.29, 1.82) is 0 Å². The minimum atomic E-state index is -0.414. The van der Waals surface area contributed by atoms with E-state index in [-0.39, 0.29) is 11.9 Å². The Labute approximate surface area is 195 Å². The second kappa shape index (κ2) is 9.62. The summed E-state index contributed by atoms with van der Waals surface area (Å²) in [6, 6.07) is 13.1. The minimum Gasteiger partial charge on any atom is -0.467 e. The maximum absolute atomic E-state index is 12.9. The van der Waals surface area contributed by atoms with Gasteiger partial charge in [0.1, 0.15) is 11.6 Å². The molecule has 1 N–H and O–H groups in total. The molecule has 166 valence electrons. The quantitative estimate of drug-likeness (QED) is 0.359. The highest BCUT2D eigenvalue weighted by Crippen LogP contribution is 2.29. The molecule has 0 fully saturated rings. The van der Waals surface area contributed by atoms with Crippen LogP contribution in [0.25, 0.3) is 11.4 Å². The molecule has 1 unspecified atom stereocenters. The molecule has 0 aliphatic carbocycles. The monoisotopic (exact) mass is 470 g/mol. The zero-order valence-corrected chi connectivity index (χ0v) is 19.5. The van der Waals surface area contributed by atoms with E-state index < -0.39 is 5.25 Å². The lowest BCUT2D eigenvalue weighted by Gasteiger charge is -2.15. The van der Waals surface area contributed by atoms with E-state index in [1.54, 1.807) is 23.2 Å². The Bertz CT molecular complexity index is 1180. The number of furan rings is 1. The van der Waals surface area contributed by atoms with Gasteiger partial charge in [0.05, 0.1) is 24.3 Å². The number of amides is 1. The number of rotatable bonds is 8. The average molecular weight is 471 g/mol. The SMILES string of the molecule is CC(Sc1nnc(-c2ccc(Cl)cc2)n1Cc1ccco1)C(=O)Nc1ccnn1C(C)C. The lowest BCUT2D eigenvalue weighted by molar-refractivity contribution is -0.115. The average Bonchev–Trinajstić information content (AvgIpc) is 3.51. The smallest absolute Gasteiger partial charge is 0.238 e. The third-order valence-corrected chi connectivity index (χ3v) is 6.11. The van der Waals surface area contributed by atoms with Crippen molar-refractivity contribution >= 4 is 35.1 Å². The molecule has 8 nitrogen and oxygen atoms in total.